The number of ether oxygens (including phenoxy) is 3. The highest BCUT2D eigenvalue weighted by Gasteiger charge is 2.12. The Morgan fingerprint density at radius 1 is 0.867 bits per heavy atom. The molecule has 0 amide bonds. The first kappa shape index (κ1) is 19.8. The van der Waals surface area contributed by atoms with E-state index in [1.807, 2.05) is 49.4 Å². The normalized spacial score (nSPS) is 10.7. The molecule has 4 rings (SSSR count). The van der Waals surface area contributed by atoms with Crippen LogP contribution < -0.4 is 19.5 Å². The lowest BCUT2D eigenvalue weighted by atomic mass is 10.1. The molecule has 4 aromatic rings. The Bertz CT molecular complexity index is 1210. The summed E-state index contributed by atoms with van der Waals surface area (Å²) in [7, 11) is 3.19. The molecule has 0 aliphatic carbocycles. The molecule has 0 spiro atoms. The van der Waals surface area contributed by atoms with Crippen LogP contribution >= 0.6 is 11.6 Å². The number of aryl methyl sites for hydroxylation is 1. The van der Waals surface area contributed by atoms with Gasteiger partial charge in [-0.3, -0.25) is 0 Å². The molecule has 30 heavy (non-hydrogen) atoms. The van der Waals surface area contributed by atoms with Crippen LogP contribution in [0.25, 0.3) is 10.9 Å². The lowest BCUT2D eigenvalue weighted by Crippen LogP contribution is -1.99. The van der Waals surface area contributed by atoms with Gasteiger partial charge >= 0.3 is 0 Å². The van der Waals surface area contributed by atoms with Crippen LogP contribution in [0, 0.1) is 6.92 Å². The van der Waals surface area contributed by atoms with Gasteiger partial charge in [-0.2, -0.15) is 0 Å². The van der Waals surface area contributed by atoms with Crippen LogP contribution in [0.1, 0.15) is 5.56 Å². The maximum atomic E-state index is 6.05. The van der Waals surface area contributed by atoms with Crippen molar-refractivity contribution in [2.75, 3.05) is 19.5 Å². The highest BCUT2D eigenvalue weighted by atomic mass is 35.5. The Kier molecular flexibility index (Phi) is 5.59. The molecule has 0 aliphatic heterocycles. The van der Waals surface area contributed by atoms with Crippen molar-refractivity contribution in [2.45, 2.75) is 6.92 Å². The third-order valence-electron chi connectivity index (χ3n) is 4.63. The number of nitrogens with zero attached hydrogens (tertiary/aromatic N) is 2. The van der Waals surface area contributed by atoms with Crippen LogP contribution in [0.4, 0.5) is 11.5 Å². The van der Waals surface area contributed by atoms with E-state index in [0.29, 0.717) is 33.8 Å². The number of anilines is 2. The summed E-state index contributed by atoms with van der Waals surface area (Å²) in [6.45, 7) is 2.01. The number of aromatic nitrogens is 2. The van der Waals surface area contributed by atoms with Crippen molar-refractivity contribution in [3.05, 3.63) is 71.5 Å². The van der Waals surface area contributed by atoms with Gasteiger partial charge in [-0.05, 0) is 42.8 Å². The van der Waals surface area contributed by atoms with Gasteiger partial charge in [0.05, 0.1) is 19.7 Å². The second-order valence-corrected chi connectivity index (χ2v) is 7.04. The van der Waals surface area contributed by atoms with Crippen molar-refractivity contribution in [1.29, 1.82) is 0 Å². The zero-order chi connectivity index (χ0) is 21.1. The Morgan fingerprint density at radius 2 is 1.63 bits per heavy atom. The van der Waals surface area contributed by atoms with E-state index >= 15 is 0 Å². The van der Waals surface area contributed by atoms with E-state index in [9.17, 15) is 0 Å². The molecule has 6 nitrogen and oxygen atoms in total. The van der Waals surface area contributed by atoms with Crippen LogP contribution in [0.15, 0.2) is 60.9 Å². The summed E-state index contributed by atoms with van der Waals surface area (Å²) < 4.78 is 16.8. The molecule has 0 bridgehead atoms. The molecular weight excluding hydrogens is 402 g/mol. The fourth-order valence-corrected chi connectivity index (χ4v) is 3.26. The van der Waals surface area contributed by atoms with Gasteiger partial charge in [0.1, 0.15) is 23.6 Å². The molecular formula is C23H20ClN3O3. The molecule has 1 N–H and O–H groups in total. The van der Waals surface area contributed by atoms with Gasteiger partial charge in [0, 0.05) is 28.2 Å². The summed E-state index contributed by atoms with van der Waals surface area (Å²) in [5, 5.41) is 4.82. The smallest absolute Gasteiger partial charge is 0.162 e. The maximum Gasteiger partial charge on any atom is 0.162 e. The molecule has 0 fully saturated rings. The van der Waals surface area contributed by atoms with E-state index in [0.717, 1.165) is 22.2 Å². The second-order valence-electron chi connectivity index (χ2n) is 6.61. The van der Waals surface area contributed by atoms with Gasteiger partial charge in [-0.1, -0.05) is 23.7 Å². The van der Waals surface area contributed by atoms with Crippen LogP contribution in [-0.2, 0) is 0 Å². The quantitative estimate of drug-likeness (QED) is 0.403. The number of methoxy groups -OCH3 is 2. The minimum Gasteiger partial charge on any atom is -0.493 e. The fraction of sp³-hybridized carbons (Fsp3) is 0.130. The monoisotopic (exact) mass is 421 g/mol. The van der Waals surface area contributed by atoms with Gasteiger partial charge in [0.15, 0.2) is 11.5 Å². The summed E-state index contributed by atoms with van der Waals surface area (Å²) in [6.07, 6.45) is 1.51. The predicted octanol–water partition coefficient (Wildman–Crippen LogP) is 6.14. The summed E-state index contributed by atoms with van der Waals surface area (Å²) in [5.41, 5.74) is 2.65. The maximum absolute atomic E-state index is 6.05. The van der Waals surface area contributed by atoms with Crippen molar-refractivity contribution < 1.29 is 14.2 Å². The second kappa shape index (κ2) is 8.47. The van der Waals surface area contributed by atoms with Crippen molar-refractivity contribution in [3.8, 4) is 23.0 Å². The number of hydrogen-bond acceptors (Lipinski definition) is 6. The van der Waals surface area contributed by atoms with E-state index in [-0.39, 0.29) is 0 Å². The molecule has 1 heterocycles. The van der Waals surface area contributed by atoms with Crippen molar-refractivity contribution >= 4 is 34.0 Å². The molecule has 0 atom stereocenters. The molecule has 0 saturated heterocycles. The summed E-state index contributed by atoms with van der Waals surface area (Å²) in [5.74, 6) is 3.23. The molecule has 0 unspecified atom stereocenters. The lowest BCUT2D eigenvalue weighted by molar-refractivity contribution is 0.356. The average Bonchev–Trinajstić information content (AvgIpc) is 2.75. The van der Waals surface area contributed by atoms with Gasteiger partial charge in [0.2, 0.25) is 0 Å². The third-order valence-corrected chi connectivity index (χ3v) is 4.87. The number of hydrogen-bond donors (Lipinski definition) is 1. The fourth-order valence-electron chi connectivity index (χ4n) is 3.08. The molecule has 0 radical (unpaired) electrons. The first-order valence-corrected chi connectivity index (χ1v) is 9.63. The van der Waals surface area contributed by atoms with Crippen LogP contribution in [0.3, 0.4) is 0 Å². The lowest BCUT2D eigenvalue weighted by Gasteiger charge is -2.14. The van der Waals surface area contributed by atoms with Crippen LogP contribution in [0.2, 0.25) is 5.02 Å². The Balaban J connectivity index is 1.69. The van der Waals surface area contributed by atoms with Gasteiger partial charge in [-0.15, -0.1) is 0 Å². The number of nitrogens with one attached hydrogen (secondary N) is 1. The molecule has 0 aliphatic rings. The van der Waals surface area contributed by atoms with Crippen LogP contribution in [-0.4, -0.2) is 24.2 Å². The van der Waals surface area contributed by atoms with E-state index in [2.05, 4.69) is 15.3 Å². The highest BCUT2D eigenvalue weighted by molar-refractivity contribution is 6.30. The van der Waals surface area contributed by atoms with E-state index < -0.39 is 0 Å². The van der Waals surface area contributed by atoms with Crippen molar-refractivity contribution in [3.63, 3.8) is 0 Å². The predicted molar refractivity (Wildman–Crippen MR) is 119 cm³/mol. The zero-order valence-corrected chi connectivity index (χ0v) is 17.5. The Labute approximate surface area is 179 Å². The van der Waals surface area contributed by atoms with Gasteiger partial charge < -0.3 is 19.5 Å². The summed E-state index contributed by atoms with van der Waals surface area (Å²) in [4.78, 5) is 8.77. The van der Waals surface area contributed by atoms with E-state index in [1.165, 1.54) is 6.33 Å². The molecule has 3 aromatic carbocycles. The largest absolute Gasteiger partial charge is 0.493 e. The molecule has 1 aromatic heterocycles. The Hall–Kier alpha value is -3.51. The van der Waals surface area contributed by atoms with Crippen molar-refractivity contribution in [2.24, 2.45) is 0 Å². The highest BCUT2D eigenvalue weighted by Crippen LogP contribution is 2.35. The van der Waals surface area contributed by atoms with Gasteiger partial charge in [0.25, 0.3) is 0 Å². The minimum atomic E-state index is 0.609. The number of fused-ring (bicyclic) bond motifs is 1. The first-order chi connectivity index (χ1) is 14.6. The summed E-state index contributed by atoms with van der Waals surface area (Å²) >= 11 is 6.05. The minimum absolute atomic E-state index is 0.609. The van der Waals surface area contributed by atoms with Gasteiger partial charge in [-0.25, -0.2) is 9.97 Å². The Morgan fingerprint density at radius 3 is 2.40 bits per heavy atom. The van der Waals surface area contributed by atoms with Crippen molar-refractivity contribution in [1.82, 2.24) is 9.97 Å². The summed E-state index contributed by atoms with van der Waals surface area (Å²) in [6, 6.07) is 16.8. The number of benzene rings is 3. The number of rotatable bonds is 6. The third kappa shape index (κ3) is 4.09. The topological polar surface area (TPSA) is 65.5 Å². The molecule has 0 saturated carbocycles. The molecule has 7 heteroatoms. The van der Waals surface area contributed by atoms with Crippen LogP contribution in [0.5, 0.6) is 23.0 Å². The SMILES string of the molecule is COc1cc2ncnc(Nc3cc(Oc4cccc(Cl)c4)ccc3C)c2cc1OC. The molecule has 152 valence electrons. The average molecular weight is 422 g/mol. The van der Waals surface area contributed by atoms with E-state index in [1.54, 1.807) is 26.4 Å². The zero-order valence-electron chi connectivity index (χ0n) is 16.8. The number of halogens is 1. The standard InChI is InChI=1S/C23H20ClN3O3/c1-14-7-8-17(30-16-6-4-5-15(24)9-16)10-19(14)27-23-18-11-21(28-2)22(29-3)12-20(18)25-13-26-23/h4-13H,1-3H3,(H,25,26,27). The first-order valence-electron chi connectivity index (χ1n) is 9.25. The van der Waals surface area contributed by atoms with E-state index in [4.69, 9.17) is 25.8 Å².